The number of para-hydroxylation sites is 1. The highest BCUT2D eigenvalue weighted by atomic mass is 15.1. The summed E-state index contributed by atoms with van der Waals surface area (Å²) in [4.78, 5) is 5.23. The van der Waals surface area contributed by atoms with Crippen LogP contribution in [0.25, 0.3) is 82.9 Å². The molecule has 0 saturated heterocycles. The van der Waals surface area contributed by atoms with Crippen LogP contribution in [0.4, 0.5) is 0 Å². The highest BCUT2D eigenvalue weighted by molar-refractivity contribution is 6.18. The molecule has 0 N–H and O–H groups in total. The van der Waals surface area contributed by atoms with Crippen molar-refractivity contribution in [1.29, 1.82) is 0 Å². The van der Waals surface area contributed by atoms with Gasteiger partial charge in [-0.15, -0.1) is 0 Å². The van der Waals surface area contributed by atoms with Crippen molar-refractivity contribution in [3.05, 3.63) is 217 Å². The van der Waals surface area contributed by atoms with Gasteiger partial charge in [0.15, 0.2) is 0 Å². The first kappa shape index (κ1) is 29.5. The molecule has 2 heteroatoms. The quantitative estimate of drug-likeness (QED) is 0.180. The molecule has 10 aromatic rings. The number of rotatable bonds is 4. The van der Waals surface area contributed by atoms with E-state index >= 15 is 0 Å². The van der Waals surface area contributed by atoms with Crippen LogP contribution in [0.2, 0.25) is 0 Å². The van der Waals surface area contributed by atoms with Gasteiger partial charge in [0.1, 0.15) is 5.82 Å². The topological polar surface area (TPSA) is 17.8 Å². The molecule has 2 aromatic heterocycles. The van der Waals surface area contributed by atoms with E-state index < -0.39 is 5.41 Å². The van der Waals surface area contributed by atoms with Gasteiger partial charge in [-0.1, -0.05) is 164 Å². The fourth-order valence-corrected chi connectivity index (χ4v) is 9.85. The Labute approximate surface area is 313 Å². The molecule has 2 aliphatic carbocycles. The van der Waals surface area contributed by atoms with E-state index in [-0.39, 0.29) is 0 Å². The lowest BCUT2D eigenvalue weighted by Gasteiger charge is -2.34. The Kier molecular flexibility index (Phi) is 6.01. The maximum absolute atomic E-state index is 5.23. The van der Waals surface area contributed by atoms with E-state index in [2.05, 4.69) is 193 Å². The Bertz CT molecular complexity index is 3110. The summed E-state index contributed by atoms with van der Waals surface area (Å²) in [6.07, 6.45) is 2.05. The Morgan fingerprint density at radius 2 is 1.02 bits per heavy atom. The molecule has 250 valence electrons. The predicted molar refractivity (Wildman–Crippen MR) is 223 cm³/mol. The third kappa shape index (κ3) is 3.81. The van der Waals surface area contributed by atoms with Crippen molar-refractivity contribution in [2.24, 2.45) is 0 Å². The number of fused-ring (bicyclic) bond motifs is 9. The van der Waals surface area contributed by atoms with Crippen molar-refractivity contribution in [2.45, 2.75) is 5.41 Å². The molecule has 0 radical (unpaired) electrons. The lowest BCUT2D eigenvalue weighted by Crippen LogP contribution is -2.28. The number of hydrogen-bond acceptors (Lipinski definition) is 1. The average Bonchev–Trinajstić information content (AvgIpc) is 3.87. The lowest BCUT2D eigenvalue weighted by molar-refractivity contribution is 0.769. The number of hydrogen-bond donors (Lipinski definition) is 0. The summed E-state index contributed by atoms with van der Waals surface area (Å²) in [7, 11) is 0. The van der Waals surface area contributed by atoms with Gasteiger partial charge in [-0.25, -0.2) is 4.98 Å². The van der Waals surface area contributed by atoms with Crippen molar-refractivity contribution in [3.8, 4) is 50.3 Å². The zero-order valence-electron chi connectivity index (χ0n) is 29.4. The predicted octanol–water partition coefficient (Wildman–Crippen LogP) is 13.0. The van der Waals surface area contributed by atoms with Gasteiger partial charge < -0.3 is 0 Å². The minimum Gasteiger partial charge on any atom is -0.293 e. The summed E-state index contributed by atoms with van der Waals surface area (Å²) < 4.78 is 2.39. The van der Waals surface area contributed by atoms with Crippen LogP contribution < -0.4 is 0 Å². The Morgan fingerprint density at radius 3 is 1.83 bits per heavy atom. The highest BCUT2D eigenvalue weighted by Crippen LogP contribution is 2.57. The van der Waals surface area contributed by atoms with E-state index in [1.807, 2.05) is 6.20 Å². The minimum atomic E-state index is -0.440. The standard InChI is InChI=1S/C52H32N2/c1-3-15-36(16-4-1)52(37-17-5-2-6-18-37)45-24-11-9-20-39(45)40-28-26-34(31-46(40)52)33-27-29-48-44(30-33)41-21-10-12-25-47(41)54(48)51-50-43-22-8-7-19-38(43)42-23-13-14-35(32-53-51)49(42)50/h1-32H. The molecule has 0 fully saturated rings. The van der Waals surface area contributed by atoms with E-state index in [1.165, 1.54) is 88.3 Å². The maximum Gasteiger partial charge on any atom is 0.146 e. The summed E-state index contributed by atoms with van der Waals surface area (Å²) in [5.41, 5.74) is 17.1. The summed E-state index contributed by atoms with van der Waals surface area (Å²) in [5, 5.41) is 4.90. The normalized spacial score (nSPS) is 13.3. The summed E-state index contributed by atoms with van der Waals surface area (Å²) in [5.74, 6) is 0.977. The highest BCUT2D eigenvalue weighted by Gasteiger charge is 2.46. The molecular weight excluding hydrogens is 653 g/mol. The first-order valence-corrected chi connectivity index (χ1v) is 18.7. The SMILES string of the molecule is c1ccc(C2(c3ccccc3)c3ccccc3-c3ccc(-c4ccc5c(c4)c4ccccc4n5-c4ncc5cccc6c5c4-c4ccccc4-6)cc32)cc1. The molecule has 0 spiro atoms. The molecule has 0 aliphatic heterocycles. The van der Waals surface area contributed by atoms with E-state index in [0.717, 1.165) is 16.9 Å². The van der Waals surface area contributed by atoms with Crippen molar-refractivity contribution in [2.75, 3.05) is 0 Å². The number of nitrogens with zero attached hydrogens (tertiary/aromatic N) is 2. The van der Waals surface area contributed by atoms with E-state index in [0.29, 0.717) is 0 Å². The first-order valence-electron chi connectivity index (χ1n) is 18.7. The maximum atomic E-state index is 5.23. The summed E-state index contributed by atoms with van der Waals surface area (Å²) in [6.45, 7) is 0. The van der Waals surface area contributed by atoms with Crippen LogP contribution in [0, 0.1) is 0 Å². The van der Waals surface area contributed by atoms with E-state index in [1.54, 1.807) is 0 Å². The fourth-order valence-electron chi connectivity index (χ4n) is 9.85. The van der Waals surface area contributed by atoms with Crippen molar-refractivity contribution >= 4 is 32.6 Å². The van der Waals surface area contributed by atoms with Crippen LogP contribution in [-0.4, -0.2) is 9.55 Å². The largest absolute Gasteiger partial charge is 0.293 e. The van der Waals surface area contributed by atoms with Gasteiger partial charge in [0, 0.05) is 33.3 Å². The molecule has 2 nitrogen and oxygen atoms in total. The Hall–Kier alpha value is -7.03. The molecule has 54 heavy (non-hydrogen) atoms. The second kappa shape index (κ2) is 11.0. The molecule has 0 unspecified atom stereocenters. The van der Waals surface area contributed by atoms with Gasteiger partial charge in [0.2, 0.25) is 0 Å². The van der Waals surface area contributed by atoms with Gasteiger partial charge in [-0.3, -0.25) is 4.57 Å². The second-order valence-corrected chi connectivity index (χ2v) is 14.6. The van der Waals surface area contributed by atoms with Gasteiger partial charge in [0.25, 0.3) is 0 Å². The Balaban J connectivity index is 1.10. The first-order chi connectivity index (χ1) is 26.8. The molecule has 0 atom stereocenters. The molecule has 2 heterocycles. The zero-order valence-corrected chi connectivity index (χ0v) is 29.4. The number of benzene rings is 8. The van der Waals surface area contributed by atoms with E-state index in [4.69, 9.17) is 4.98 Å². The van der Waals surface area contributed by atoms with E-state index in [9.17, 15) is 0 Å². The Morgan fingerprint density at radius 1 is 0.407 bits per heavy atom. The third-order valence-corrected chi connectivity index (χ3v) is 12.1. The van der Waals surface area contributed by atoms with Gasteiger partial charge in [-0.2, -0.15) is 0 Å². The van der Waals surface area contributed by atoms with Crippen molar-refractivity contribution in [3.63, 3.8) is 0 Å². The summed E-state index contributed by atoms with van der Waals surface area (Å²) in [6, 6.07) is 69.3. The summed E-state index contributed by atoms with van der Waals surface area (Å²) >= 11 is 0. The van der Waals surface area contributed by atoms with Gasteiger partial charge in [0.05, 0.1) is 16.4 Å². The van der Waals surface area contributed by atoms with Crippen LogP contribution in [0.15, 0.2) is 194 Å². The molecule has 2 aliphatic rings. The third-order valence-electron chi connectivity index (χ3n) is 12.1. The van der Waals surface area contributed by atoms with Crippen LogP contribution in [0.5, 0.6) is 0 Å². The zero-order chi connectivity index (χ0) is 35.4. The number of aromatic nitrogens is 2. The average molecular weight is 685 g/mol. The molecule has 0 amide bonds. The lowest BCUT2D eigenvalue weighted by atomic mass is 9.67. The second-order valence-electron chi connectivity index (χ2n) is 14.6. The molecule has 8 aromatic carbocycles. The molecule has 0 bridgehead atoms. The van der Waals surface area contributed by atoms with Crippen molar-refractivity contribution < 1.29 is 0 Å². The van der Waals surface area contributed by atoms with Gasteiger partial charge in [-0.05, 0) is 85.5 Å². The molecular formula is C52H32N2. The smallest absolute Gasteiger partial charge is 0.146 e. The van der Waals surface area contributed by atoms with Crippen LogP contribution >= 0.6 is 0 Å². The number of pyridine rings is 1. The monoisotopic (exact) mass is 684 g/mol. The fraction of sp³-hybridized carbons (Fsp3) is 0.0192. The van der Waals surface area contributed by atoms with Gasteiger partial charge >= 0.3 is 0 Å². The molecule has 0 saturated carbocycles. The van der Waals surface area contributed by atoms with Crippen LogP contribution in [-0.2, 0) is 5.41 Å². The van der Waals surface area contributed by atoms with Crippen LogP contribution in [0.3, 0.4) is 0 Å². The minimum absolute atomic E-state index is 0.440. The van der Waals surface area contributed by atoms with Crippen LogP contribution in [0.1, 0.15) is 22.3 Å². The van der Waals surface area contributed by atoms with Crippen molar-refractivity contribution in [1.82, 2.24) is 9.55 Å². The molecule has 12 rings (SSSR count).